The first kappa shape index (κ1) is 14.5. The highest BCUT2D eigenvalue weighted by Crippen LogP contribution is 2.20. The first-order valence-corrected chi connectivity index (χ1v) is 6.99. The van der Waals surface area contributed by atoms with Crippen LogP contribution in [0.2, 0.25) is 0 Å². The van der Waals surface area contributed by atoms with Gasteiger partial charge < -0.3 is 5.73 Å². The predicted octanol–water partition coefficient (Wildman–Crippen LogP) is 3.23. The van der Waals surface area contributed by atoms with Crippen molar-refractivity contribution in [3.63, 3.8) is 0 Å². The molecule has 20 heavy (non-hydrogen) atoms. The number of carbonyl (C=O) groups excluding carboxylic acids is 1. The second-order valence-electron chi connectivity index (χ2n) is 5.34. The quantitative estimate of drug-likeness (QED) is 0.903. The van der Waals surface area contributed by atoms with Crippen LogP contribution in [-0.4, -0.2) is 5.78 Å². The van der Waals surface area contributed by atoms with E-state index in [1.54, 1.807) is 6.92 Å². The van der Waals surface area contributed by atoms with Crippen LogP contribution in [0, 0.1) is 0 Å². The molecule has 0 fully saturated rings. The molecule has 2 rings (SSSR count). The van der Waals surface area contributed by atoms with Crippen molar-refractivity contribution in [3.05, 3.63) is 71.3 Å². The molecule has 0 heterocycles. The van der Waals surface area contributed by atoms with E-state index in [0.29, 0.717) is 6.42 Å². The van der Waals surface area contributed by atoms with Crippen LogP contribution in [0.5, 0.6) is 0 Å². The minimum absolute atomic E-state index is 0.0351. The summed E-state index contributed by atoms with van der Waals surface area (Å²) in [5, 5.41) is 0. The zero-order valence-corrected chi connectivity index (χ0v) is 12.1. The third kappa shape index (κ3) is 3.14. The van der Waals surface area contributed by atoms with Crippen LogP contribution < -0.4 is 5.73 Å². The minimum Gasteiger partial charge on any atom is -0.315 e. The zero-order chi connectivity index (χ0) is 14.6. The Balaban J connectivity index is 2.14. The number of hydrogen-bond donors (Lipinski definition) is 1. The summed E-state index contributed by atoms with van der Waals surface area (Å²) in [5.41, 5.74) is 8.44. The summed E-state index contributed by atoms with van der Waals surface area (Å²) < 4.78 is 0. The molecule has 1 atom stereocenters. The van der Waals surface area contributed by atoms with Gasteiger partial charge in [-0.2, -0.15) is 0 Å². The van der Waals surface area contributed by atoms with E-state index >= 15 is 0 Å². The van der Waals surface area contributed by atoms with Gasteiger partial charge in [-0.1, -0.05) is 61.5 Å². The summed E-state index contributed by atoms with van der Waals surface area (Å²) in [6.45, 7) is 3.90. The average molecular weight is 267 g/mol. The second kappa shape index (κ2) is 6.02. The zero-order valence-electron chi connectivity index (χ0n) is 12.1. The van der Waals surface area contributed by atoms with Crippen molar-refractivity contribution in [2.45, 2.75) is 32.2 Å². The standard InChI is InChI=1S/C18H21NO/c1-3-14-9-11-15(12-10-14)13-17(20)18(2,19)16-7-5-4-6-8-16/h4-12H,3,13,19H2,1-2H3. The molecule has 0 saturated heterocycles. The Labute approximate surface area is 120 Å². The van der Waals surface area contributed by atoms with Gasteiger partial charge in [0, 0.05) is 6.42 Å². The first-order chi connectivity index (χ1) is 9.54. The lowest BCUT2D eigenvalue weighted by Crippen LogP contribution is -2.42. The number of aryl methyl sites for hydroxylation is 1. The maximum atomic E-state index is 12.5. The van der Waals surface area contributed by atoms with Crippen LogP contribution in [0.4, 0.5) is 0 Å². The monoisotopic (exact) mass is 267 g/mol. The molecule has 0 aromatic heterocycles. The Hall–Kier alpha value is -1.93. The molecular weight excluding hydrogens is 246 g/mol. The smallest absolute Gasteiger partial charge is 0.161 e. The lowest BCUT2D eigenvalue weighted by atomic mass is 9.86. The van der Waals surface area contributed by atoms with Crippen molar-refractivity contribution in [3.8, 4) is 0 Å². The molecule has 0 amide bonds. The van der Waals surface area contributed by atoms with E-state index in [2.05, 4.69) is 19.1 Å². The van der Waals surface area contributed by atoms with Gasteiger partial charge in [0.25, 0.3) is 0 Å². The van der Waals surface area contributed by atoms with Gasteiger partial charge in [-0.3, -0.25) is 4.79 Å². The van der Waals surface area contributed by atoms with Crippen LogP contribution in [-0.2, 0) is 23.2 Å². The van der Waals surface area contributed by atoms with E-state index in [9.17, 15) is 4.79 Å². The number of hydrogen-bond acceptors (Lipinski definition) is 2. The van der Waals surface area contributed by atoms with E-state index in [0.717, 1.165) is 17.5 Å². The molecule has 2 heteroatoms. The molecule has 0 saturated carbocycles. The summed E-state index contributed by atoms with van der Waals surface area (Å²) in [6, 6.07) is 17.7. The molecule has 104 valence electrons. The van der Waals surface area contributed by atoms with E-state index in [4.69, 9.17) is 5.73 Å². The largest absolute Gasteiger partial charge is 0.315 e. The van der Waals surface area contributed by atoms with E-state index in [1.807, 2.05) is 42.5 Å². The van der Waals surface area contributed by atoms with Gasteiger partial charge >= 0.3 is 0 Å². The number of rotatable bonds is 5. The molecule has 0 aliphatic carbocycles. The van der Waals surface area contributed by atoms with Gasteiger partial charge in [0.15, 0.2) is 5.78 Å². The van der Waals surface area contributed by atoms with Crippen molar-refractivity contribution in [1.82, 2.24) is 0 Å². The second-order valence-corrected chi connectivity index (χ2v) is 5.34. The summed E-state index contributed by atoms with van der Waals surface area (Å²) >= 11 is 0. The topological polar surface area (TPSA) is 43.1 Å². The molecule has 0 aliphatic heterocycles. The molecule has 2 aromatic rings. The van der Waals surface area contributed by atoms with Crippen molar-refractivity contribution in [2.24, 2.45) is 5.73 Å². The Bertz CT molecular complexity index is 570. The van der Waals surface area contributed by atoms with Crippen molar-refractivity contribution in [1.29, 1.82) is 0 Å². The average Bonchev–Trinajstić information content (AvgIpc) is 2.49. The number of nitrogens with two attached hydrogens (primary N) is 1. The molecule has 0 spiro atoms. The molecule has 2 N–H and O–H groups in total. The SMILES string of the molecule is CCc1ccc(CC(=O)C(C)(N)c2ccccc2)cc1. The van der Waals surface area contributed by atoms with Crippen LogP contribution >= 0.6 is 0 Å². The summed E-state index contributed by atoms with van der Waals surface area (Å²) in [7, 11) is 0. The Kier molecular flexibility index (Phi) is 4.35. The Morgan fingerprint density at radius 2 is 1.55 bits per heavy atom. The van der Waals surface area contributed by atoms with Crippen LogP contribution in [0.25, 0.3) is 0 Å². The fraction of sp³-hybridized carbons (Fsp3) is 0.278. The Morgan fingerprint density at radius 1 is 1.00 bits per heavy atom. The van der Waals surface area contributed by atoms with E-state index in [1.165, 1.54) is 5.56 Å². The number of carbonyl (C=O) groups is 1. The number of benzene rings is 2. The predicted molar refractivity (Wildman–Crippen MR) is 82.5 cm³/mol. The van der Waals surface area contributed by atoms with Gasteiger partial charge in [0.1, 0.15) is 0 Å². The molecule has 0 radical (unpaired) electrons. The Morgan fingerprint density at radius 3 is 2.10 bits per heavy atom. The highest BCUT2D eigenvalue weighted by Gasteiger charge is 2.29. The van der Waals surface area contributed by atoms with Gasteiger partial charge in [0.05, 0.1) is 5.54 Å². The molecule has 2 aromatic carbocycles. The van der Waals surface area contributed by atoms with Crippen LogP contribution in [0.3, 0.4) is 0 Å². The van der Waals surface area contributed by atoms with Crippen LogP contribution in [0.1, 0.15) is 30.5 Å². The van der Waals surface area contributed by atoms with Gasteiger partial charge in [0.2, 0.25) is 0 Å². The van der Waals surface area contributed by atoms with Gasteiger partial charge in [-0.05, 0) is 30.0 Å². The normalized spacial score (nSPS) is 13.8. The third-order valence-electron chi connectivity index (χ3n) is 3.75. The maximum absolute atomic E-state index is 12.5. The van der Waals surface area contributed by atoms with Gasteiger partial charge in [-0.25, -0.2) is 0 Å². The lowest BCUT2D eigenvalue weighted by Gasteiger charge is -2.23. The summed E-state index contributed by atoms with van der Waals surface area (Å²) in [5.74, 6) is 0.0351. The first-order valence-electron chi connectivity index (χ1n) is 6.99. The summed E-state index contributed by atoms with van der Waals surface area (Å²) in [4.78, 5) is 12.5. The number of ketones is 1. The lowest BCUT2D eigenvalue weighted by molar-refractivity contribution is -0.123. The molecule has 1 unspecified atom stereocenters. The fourth-order valence-electron chi connectivity index (χ4n) is 2.21. The molecule has 0 bridgehead atoms. The molecule has 2 nitrogen and oxygen atoms in total. The van der Waals surface area contributed by atoms with E-state index in [-0.39, 0.29) is 5.78 Å². The third-order valence-corrected chi connectivity index (χ3v) is 3.75. The highest BCUT2D eigenvalue weighted by molar-refractivity contribution is 5.90. The fourth-order valence-corrected chi connectivity index (χ4v) is 2.21. The van der Waals surface area contributed by atoms with Gasteiger partial charge in [-0.15, -0.1) is 0 Å². The van der Waals surface area contributed by atoms with Crippen molar-refractivity contribution < 1.29 is 4.79 Å². The highest BCUT2D eigenvalue weighted by atomic mass is 16.1. The molecular formula is C18H21NO. The molecule has 0 aliphatic rings. The minimum atomic E-state index is -0.940. The summed E-state index contributed by atoms with van der Waals surface area (Å²) in [6.07, 6.45) is 1.37. The van der Waals surface area contributed by atoms with E-state index < -0.39 is 5.54 Å². The van der Waals surface area contributed by atoms with Crippen molar-refractivity contribution >= 4 is 5.78 Å². The maximum Gasteiger partial charge on any atom is 0.161 e. The number of Topliss-reactive ketones (excluding diaryl/α,β-unsaturated/α-hetero) is 1. The van der Waals surface area contributed by atoms with Crippen molar-refractivity contribution in [2.75, 3.05) is 0 Å². The van der Waals surface area contributed by atoms with Crippen LogP contribution in [0.15, 0.2) is 54.6 Å².